The lowest BCUT2D eigenvalue weighted by atomic mass is 10.0. The SMILES string of the molecule is Cc1ccc(C(=O)c2c[nH]c3ncccc23)c(Br)c1. The zero-order valence-corrected chi connectivity index (χ0v) is 11.9. The number of H-pyrrole nitrogens is 1. The normalized spacial score (nSPS) is 10.8. The van der Waals surface area contributed by atoms with Crippen molar-refractivity contribution in [3.63, 3.8) is 0 Å². The van der Waals surface area contributed by atoms with Gasteiger partial charge in [0.25, 0.3) is 0 Å². The smallest absolute Gasteiger partial charge is 0.196 e. The van der Waals surface area contributed by atoms with Crippen molar-refractivity contribution in [1.82, 2.24) is 9.97 Å². The van der Waals surface area contributed by atoms with Gasteiger partial charge in [-0.15, -0.1) is 0 Å². The van der Waals surface area contributed by atoms with Gasteiger partial charge in [0.15, 0.2) is 5.78 Å². The number of aromatic amines is 1. The number of aromatic nitrogens is 2. The Hall–Kier alpha value is -1.94. The van der Waals surface area contributed by atoms with E-state index in [0.29, 0.717) is 11.1 Å². The number of pyridine rings is 1. The van der Waals surface area contributed by atoms with E-state index < -0.39 is 0 Å². The van der Waals surface area contributed by atoms with E-state index in [1.54, 1.807) is 12.4 Å². The molecule has 0 saturated carbocycles. The highest BCUT2D eigenvalue weighted by Gasteiger charge is 2.16. The van der Waals surface area contributed by atoms with Gasteiger partial charge in [-0.25, -0.2) is 4.98 Å². The second-order valence-corrected chi connectivity index (χ2v) is 5.27. The van der Waals surface area contributed by atoms with Gasteiger partial charge in [0, 0.05) is 33.4 Å². The number of rotatable bonds is 2. The highest BCUT2D eigenvalue weighted by Crippen LogP contribution is 2.24. The number of carbonyl (C=O) groups excluding carboxylic acids is 1. The van der Waals surface area contributed by atoms with E-state index >= 15 is 0 Å². The Balaban J connectivity index is 2.13. The molecule has 1 aromatic carbocycles. The van der Waals surface area contributed by atoms with Crippen LogP contribution in [0.2, 0.25) is 0 Å². The summed E-state index contributed by atoms with van der Waals surface area (Å²) >= 11 is 3.45. The predicted molar refractivity (Wildman–Crippen MR) is 78.4 cm³/mol. The van der Waals surface area contributed by atoms with E-state index in [0.717, 1.165) is 21.1 Å². The molecule has 2 aromatic heterocycles. The van der Waals surface area contributed by atoms with Crippen LogP contribution in [0, 0.1) is 6.92 Å². The summed E-state index contributed by atoms with van der Waals surface area (Å²) in [7, 11) is 0. The summed E-state index contributed by atoms with van der Waals surface area (Å²) in [6.45, 7) is 1.99. The zero-order valence-electron chi connectivity index (χ0n) is 10.3. The number of aryl methyl sites for hydroxylation is 1. The van der Waals surface area contributed by atoms with Gasteiger partial charge >= 0.3 is 0 Å². The molecule has 0 fully saturated rings. The first-order valence-corrected chi connectivity index (χ1v) is 6.69. The molecule has 19 heavy (non-hydrogen) atoms. The molecule has 0 radical (unpaired) electrons. The zero-order chi connectivity index (χ0) is 13.4. The van der Waals surface area contributed by atoms with E-state index in [-0.39, 0.29) is 5.78 Å². The van der Waals surface area contributed by atoms with Crippen LogP contribution in [-0.4, -0.2) is 15.8 Å². The molecule has 3 rings (SSSR count). The van der Waals surface area contributed by atoms with Crippen LogP contribution >= 0.6 is 15.9 Å². The standard InChI is InChI=1S/C15H11BrN2O/c1-9-4-5-11(13(16)7-9)14(19)12-8-18-15-10(12)3-2-6-17-15/h2-8H,1H3,(H,17,18). The Morgan fingerprint density at radius 2 is 2.11 bits per heavy atom. The largest absolute Gasteiger partial charge is 0.345 e. The minimum Gasteiger partial charge on any atom is -0.345 e. The molecule has 0 atom stereocenters. The molecule has 94 valence electrons. The lowest BCUT2D eigenvalue weighted by molar-refractivity contribution is 0.103. The second kappa shape index (κ2) is 4.63. The van der Waals surface area contributed by atoms with Crippen LogP contribution in [0.3, 0.4) is 0 Å². The number of nitrogens with zero attached hydrogens (tertiary/aromatic N) is 1. The van der Waals surface area contributed by atoms with E-state index in [2.05, 4.69) is 25.9 Å². The summed E-state index contributed by atoms with van der Waals surface area (Å²) < 4.78 is 0.816. The number of benzene rings is 1. The Morgan fingerprint density at radius 1 is 1.26 bits per heavy atom. The number of hydrogen-bond acceptors (Lipinski definition) is 2. The van der Waals surface area contributed by atoms with Crippen molar-refractivity contribution in [2.75, 3.05) is 0 Å². The number of halogens is 1. The molecule has 0 saturated heterocycles. The van der Waals surface area contributed by atoms with Gasteiger partial charge in [0.2, 0.25) is 0 Å². The van der Waals surface area contributed by atoms with Crippen LogP contribution in [-0.2, 0) is 0 Å². The number of carbonyl (C=O) groups is 1. The van der Waals surface area contributed by atoms with Crippen LogP contribution < -0.4 is 0 Å². The lowest BCUT2D eigenvalue weighted by Gasteiger charge is -2.04. The predicted octanol–water partition coefficient (Wildman–Crippen LogP) is 3.86. The third-order valence-electron chi connectivity index (χ3n) is 3.06. The van der Waals surface area contributed by atoms with Crippen LogP contribution in [0.25, 0.3) is 11.0 Å². The van der Waals surface area contributed by atoms with Crippen molar-refractivity contribution in [3.05, 3.63) is 63.9 Å². The third kappa shape index (κ3) is 2.08. The average Bonchev–Trinajstić information content (AvgIpc) is 2.82. The molecule has 0 aliphatic rings. The molecule has 3 nitrogen and oxygen atoms in total. The van der Waals surface area contributed by atoms with Gasteiger partial charge in [0.05, 0.1) is 0 Å². The summed E-state index contributed by atoms with van der Waals surface area (Å²) in [4.78, 5) is 19.8. The monoisotopic (exact) mass is 314 g/mol. The number of ketones is 1. The molecule has 0 amide bonds. The Labute approximate surface area is 118 Å². The third-order valence-corrected chi connectivity index (χ3v) is 3.72. The maximum atomic E-state index is 12.6. The minimum atomic E-state index is -0.00822. The van der Waals surface area contributed by atoms with E-state index in [1.807, 2.05) is 37.3 Å². The highest BCUT2D eigenvalue weighted by molar-refractivity contribution is 9.10. The summed E-state index contributed by atoms with van der Waals surface area (Å²) in [5.41, 5.74) is 3.15. The fourth-order valence-corrected chi connectivity index (χ4v) is 2.77. The molecule has 0 aliphatic heterocycles. The van der Waals surface area contributed by atoms with Crippen molar-refractivity contribution in [2.24, 2.45) is 0 Å². The van der Waals surface area contributed by atoms with Crippen molar-refractivity contribution < 1.29 is 4.79 Å². The van der Waals surface area contributed by atoms with Crippen molar-refractivity contribution >= 4 is 32.7 Å². The lowest BCUT2D eigenvalue weighted by Crippen LogP contribution is -2.01. The van der Waals surface area contributed by atoms with Gasteiger partial charge in [-0.05, 0) is 36.8 Å². The molecule has 4 heteroatoms. The number of nitrogens with one attached hydrogen (secondary N) is 1. The maximum absolute atomic E-state index is 12.6. The first-order valence-electron chi connectivity index (χ1n) is 5.90. The fourth-order valence-electron chi connectivity index (χ4n) is 2.09. The molecule has 3 aromatic rings. The van der Waals surface area contributed by atoms with Crippen LogP contribution in [0.4, 0.5) is 0 Å². The highest BCUT2D eigenvalue weighted by atomic mass is 79.9. The van der Waals surface area contributed by atoms with Crippen molar-refractivity contribution in [3.8, 4) is 0 Å². The number of hydrogen-bond donors (Lipinski definition) is 1. The van der Waals surface area contributed by atoms with Crippen LogP contribution in [0.15, 0.2) is 47.2 Å². The summed E-state index contributed by atoms with van der Waals surface area (Å²) in [6, 6.07) is 9.45. The second-order valence-electron chi connectivity index (χ2n) is 4.41. The number of fused-ring (bicyclic) bond motifs is 1. The average molecular weight is 315 g/mol. The van der Waals surface area contributed by atoms with E-state index in [1.165, 1.54) is 0 Å². The Bertz CT molecular complexity index is 777. The molecule has 0 spiro atoms. The minimum absolute atomic E-state index is 0.00822. The molecule has 0 bridgehead atoms. The van der Waals surface area contributed by atoms with Crippen molar-refractivity contribution in [2.45, 2.75) is 6.92 Å². The summed E-state index contributed by atoms with van der Waals surface area (Å²) in [5, 5.41) is 0.847. The van der Waals surface area contributed by atoms with Gasteiger partial charge in [-0.2, -0.15) is 0 Å². The van der Waals surface area contributed by atoms with Crippen molar-refractivity contribution in [1.29, 1.82) is 0 Å². The summed E-state index contributed by atoms with van der Waals surface area (Å²) in [6.07, 6.45) is 3.42. The quantitative estimate of drug-likeness (QED) is 0.730. The van der Waals surface area contributed by atoms with Gasteiger partial charge < -0.3 is 4.98 Å². The van der Waals surface area contributed by atoms with E-state index in [4.69, 9.17) is 0 Å². The van der Waals surface area contributed by atoms with Gasteiger partial charge in [-0.1, -0.05) is 22.0 Å². The molecule has 1 N–H and O–H groups in total. The molecule has 0 unspecified atom stereocenters. The molecule has 2 heterocycles. The fraction of sp³-hybridized carbons (Fsp3) is 0.0667. The van der Waals surface area contributed by atoms with Gasteiger partial charge in [0.1, 0.15) is 5.65 Å². The maximum Gasteiger partial charge on any atom is 0.196 e. The Kier molecular flexibility index (Phi) is 2.95. The molecular weight excluding hydrogens is 304 g/mol. The van der Waals surface area contributed by atoms with Gasteiger partial charge in [-0.3, -0.25) is 4.79 Å². The van der Waals surface area contributed by atoms with Crippen LogP contribution in [0.5, 0.6) is 0 Å². The first-order chi connectivity index (χ1) is 9.16. The topological polar surface area (TPSA) is 45.8 Å². The molecule has 0 aliphatic carbocycles. The van der Waals surface area contributed by atoms with E-state index in [9.17, 15) is 4.79 Å². The Morgan fingerprint density at radius 3 is 2.89 bits per heavy atom. The summed E-state index contributed by atoms with van der Waals surface area (Å²) in [5.74, 6) is -0.00822. The van der Waals surface area contributed by atoms with Crippen LogP contribution in [0.1, 0.15) is 21.5 Å². The first kappa shape index (κ1) is 12.1. The molecular formula is C15H11BrN2O.